The number of rotatable bonds is 3. The molecule has 1 aromatic carbocycles. The summed E-state index contributed by atoms with van der Waals surface area (Å²) in [6.07, 6.45) is -3.53. The number of carbonyl (C=O) groups is 1. The van der Waals surface area contributed by atoms with Gasteiger partial charge in [0, 0.05) is 33.1 Å². The van der Waals surface area contributed by atoms with E-state index in [4.69, 9.17) is 0 Å². The van der Waals surface area contributed by atoms with Crippen molar-refractivity contribution in [1.29, 1.82) is 0 Å². The molecule has 1 saturated heterocycles. The van der Waals surface area contributed by atoms with E-state index in [1.165, 1.54) is 16.8 Å². The van der Waals surface area contributed by atoms with Gasteiger partial charge in [-0.2, -0.15) is 17.9 Å². The van der Waals surface area contributed by atoms with Crippen LogP contribution in [-0.4, -0.2) is 62.1 Å². The minimum atomic E-state index is -4.38. The van der Waals surface area contributed by atoms with Crippen molar-refractivity contribution >= 4 is 5.91 Å². The molecule has 0 atom stereocenters. The Balaban J connectivity index is 1.72. The molecule has 0 N–H and O–H groups in total. The first-order valence-electron chi connectivity index (χ1n) is 8.27. The molecule has 2 aromatic rings. The number of tetrazole rings is 1. The Morgan fingerprint density at radius 3 is 2.50 bits per heavy atom. The SMILES string of the molecule is CC(=O)N1CCCN(Cc2nnnn2-c2ccc(C(F)(F)F)cc2)CC1. The first kappa shape index (κ1) is 18.3. The maximum Gasteiger partial charge on any atom is 0.416 e. The molecule has 140 valence electrons. The molecule has 0 bridgehead atoms. The van der Waals surface area contributed by atoms with E-state index in [2.05, 4.69) is 20.4 Å². The number of hydrogen-bond acceptors (Lipinski definition) is 5. The number of hydrogen-bond donors (Lipinski definition) is 0. The zero-order chi connectivity index (χ0) is 18.7. The van der Waals surface area contributed by atoms with E-state index in [1.807, 2.05) is 0 Å². The van der Waals surface area contributed by atoms with Crippen molar-refractivity contribution in [2.45, 2.75) is 26.1 Å². The highest BCUT2D eigenvalue weighted by atomic mass is 19.4. The van der Waals surface area contributed by atoms with Crippen molar-refractivity contribution < 1.29 is 18.0 Å². The molecule has 1 aromatic heterocycles. The van der Waals surface area contributed by atoms with E-state index < -0.39 is 11.7 Å². The molecule has 3 rings (SSSR count). The van der Waals surface area contributed by atoms with Crippen LogP contribution in [0.4, 0.5) is 13.2 Å². The van der Waals surface area contributed by atoms with Crippen molar-refractivity contribution in [2.75, 3.05) is 26.2 Å². The van der Waals surface area contributed by atoms with Gasteiger partial charge in [-0.05, 0) is 41.1 Å². The van der Waals surface area contributed by atoms with E-state index in [0.29, 0.717) is 31.1 Å². The summed E-state index contributed by atoms with van der Waals surface area (Å²) in [7, 11) is 0. The van der Waals surface area contributed by atoms with Gasteiger partial charge in [-0.3, -0.25) is 9.69 Å². The van der Waals surface area contributed by atoms with Gasteiger partial charge in [-0.25, -0.2) is 0 Å². The average molecular weight is 368 g/mol. The molecule has 10 heteroatoms. The highest BCUT2D eigenvalue weighted by molar-refractivity contribution is 5.73. The van der Waals surface area contributed by atoms with Crippen LogP contribution >= 0.6 is 0 Å². The smallest absolute Gasteiger partial charge is 0.342 e. The van der Waals surface area contributed by atoms with Crippen molar-refractivity contribution in [3.05, 3.63) is 35.7 Å². The van der Waals surface area contributed by atoms with Crippen LogP contribution in [0.2, 0.25) is 0 Å². The predicted octanol–water partition coefficient (Wildman–Crippen LogP) is 1.74. The molecule has 2 heterocycles. The van der Waals surface area contributed by atoms with Crippen LogP contribution in [0.3, 0.4) is 0 Å². The Morgan fingerprint density at radius 1 is 1.12 bits per heavy atom. The summed E-state index contributed by atoms with van der Waals surface area (Å²) in [5.41, 5.74) is -0.245. The van der Waals surface area contributed by atoms with E-state index >= 15 is 0 Å². The molecule has 26 heavy (non-hydrogen) atoms. The summed E-state index contributed by atoms with van der Waals surface area (Å²) in [4.78, 5) is 15.4. The summed E-state index contributed by atoms with van der Waals surface area (Å²) in [5, 5.41) is 11.5. The van der Waals surface area contributed by atoms with Crippen LogP contribution in [0.25, 0.3) is 5.69 Å². The molecule has 0 unspecified atom stereocenters. The maximum absolute atomic E-state index is 12.7. The third-order valence-corrected chi connectivity index (χ3v) is 4.37. The van der Waals surface area contributed by atoms with Gasteiger partial charge in [0.15, 0.2) is 5.82 Å². The summed E-state index contributed by atoms with van der Waals surface area (Å²) >= 11 is 0. The fraction of sp³-hybridized carbons (Fsp3) is 0.500. The molecule has 1 amide bonds. The van der Waals surface area contributed by atoms with Gasteiger partial charge in [0.25, 0.3) is 0 Å². The van der Waals surface area contributed by atoms with Gasteiger partial charge in [0.05, 0.1) is 17.8 Å². The molecule has 0 aliphatic carbocycles. The topological polar surface area (TPSA) is 67.2 Å². The molecule has 1 fully saturated rings. The Kier molecular flexibility index (Phi) is 5.21. The highest BCUT2D eigenvalue weighted by Crippen LogP contribution is 2.29. The second-order valence-corrected chi connectivity index (χ2v) is 6.19. The highest BCUT2D eigenvalue weighted by Gasteiger charge is 2.30. The summed E-state index contributed by atoms with van der Waals surface area (Å²) in [6.45, 7) is 4.86. The van der Waals surface area contributed by atoms with E-state index in [0.717, 1.165) is 31.6 Å². The van der Waals surface area contributed by atoms with Crippen LogP contribution in [0.1, 0.15) is 24.7 Å². The van der Waals surface area contributed by atoms with Crippen molar-refractivity contribution in [3.63, 3.8) is 0 Å². The molecule has 1 aliphatic heterocycles. The molecule has 0 spiro atoms. The quantitative estimate of drug-likeness (QED) is 0.826. The maximum atomic E-state index is 12.7. The zero-order valence-electron chi connectivity index (χ0n) is 14.3. The van der Waals surface area contributed by atoms with Crippen LogP contribution in [0, 0.1) is 0 Å². The predicted molar refractivity (Wildman–Crippen MR) is 86.3 cm³/mol. The minimum Gasteiger partial charge on any atom is -0.342 e. The van der Waals surface area contributed by atoms with E-state index in [-0.39, 0.29) is 5.91 Å². The Morgan fingerprint density at radius 2 is 1.85 bits per heavy atom. The number of nitrogens with zero attached hydrogens (tertiary/aromatic N) is 6. The first-order chi connectivity index (χ1) is 12.3. The summed E-state index contributed by atoms with van der Waals surface area (Å²) in [6, 6.07) is 4.72. The standard InChI is InChI=1S/C16H19F3N6O/c1-12(26)24-8-2-7-23(9-10-24)11-15-20-21-22-25(15)14-5-3-13(4-6-14)16(17,18)19/h3-6H,2,7-11H2,1H3. The lowest BCUT2D eigenvalue weighted by Crippen LogP contribution is -2.33. The monoisotopic (exact) mass is 368 g/mol. The molecule has 1 aliphatic rings. The van der Waals surface area contributed by atoms with Crippen LogP contribution in [-0.2, 0) is 17.5 Å². The van der Waals surface area contributed by atoms with Crippen LogP contribution in [0.15, 0.2) is 24.3 Å². The van der Waals surface area contributed by atoms with Crippen molar-refractivity contribution in [3.8, 4) is 5.69 Å². The van der Waals surface area contributed by atoms with Crippen molar-refractivity contribution in [2.24, 2.45) is 0 Å². The zero-order valence-corrected chi connectivity index (χ0v) is 14.3. The lowest BCUT2D eigenvalue weighted by atomic mass is 10.2. The number of carbonyl (C=O) groups excluding carboxylic acids is 1. The molecule has 0 radical (unpaired) electrons. The van der Waals surface area contributed by atoms with Gasteiger partial charge in [0.2, 0.25) is 5.91 Å². The molecule has 7 nitrogen and oxygen atoms in total. The second-order valence-electron chi connectivity index (χ2n) is 6.19. The second kappa shape index (κ2) is 7.40. The Bertz CT molecular complexity index is 758. The number of benzene rings is 1. The largest absolute Gasteiger partial charge is 0.416 e. The van der Waals surface area contributed by atoms with Crippen LogP contribution in [0.5, 0.6) is 0 Å². The fourth-order valence-electron chi connectivity index (χ4n) is 2.94. The van der Waals surface area contributed by atoms with Gasteiger partial charge < -0.3 is 4.90 Å². The normalized spacial score (nSPS) is 16.5. The van der Waals surface area contributed by atoms with Gasteiger partial charge >= 0.3 is 6.18 Å². The van der Waals surface area contributed by atoms with Crippen LogP contribution < -0.4 is 0 Å². The van der Waals surface area contributed by atoms with Gasteiger partial charge in [-0.15, -0.1) is 5.10 Å². The molecular formula is C16H19F3N6O. The third kappa shape index (κ3) is 4.18. The van der Waals surface area contributed by atoms with Gasteiger partial charge in [0.1, 0.15) is 0 Å². The average Bonchev–Trinajstić information content (AvgIpc) is 2.91. The lowest BCUT2D eigenvalue weighted by molar-refractivity contribution is -0.137. The first-order valence-corrected chi connectivity index (χ1v) is 8.27. The lowest BCUT2D eigenvalue weighted by Gasteiger charge is -2.20. The van der Waals surface area contributed by atoms with E-state index in [9.17, 15) is 18.0 Å². The third-order valence-electron chi connectivity index (χ3n) is 4.37. The Labute approximate surface area is 148 Å². The summed E-state index contributed by atoms with van der Waals surface area (Å²) in [5.74, 6) is 0.600. The molecular weight excluding hydrogens is 349 g/mol. The Hall–Kier alpha value is -2.49. The van der Waals surface area contributed by atoms with E-state index in [1.54, 1.807) is 11.8 Å². The fourth-order valence-corrected chi connectivity index (χ4v) is 2.94. The summed E-state index contributed by atoms with van der Waals surface area (Å²) < 4.78 is 39.5. The number of alkyl halides is 3. The van der Waals surface area contributed by atoms with Gasteiger partial charge in [-0.1, -0.05) is 0 Å². The number of halogens is 3. The number of amides is 1. The van der Waals surface area contributed by atoms with Crippen molar-refractivity contribution in [1.82, 2.24) is 30.0 Å². The minimum absolute atomic E-state index is 0.0569. The number of aromatic nitrogens is 4. The molecule has 0 saturated carbocycles.